The van der Waals surface area contributed by atoms with E-state index in [2.05, 4.69) is 24.1 Å². The first-order valence-electron chi connectivity index (χ1n) is 12.4. The third kappa shape index (κ3) is 21.2. The van der Waals surface area contributed by atoms with E-state index < -0.39 is 5.97 Å². The van der Waals surface area contributed by atoms with Crippen molar-refractivity contribution in [2.45, 2.75) is 117 Å². The molecule has 176 valence electrons. The maximum absolute atomic E-state index is 11.6. The third-order valence-electron chi connectivity index (χ3n) is 5.29. The van der Waals surface area contributed by atoms with Crippen LogP contribution in [0.2, 0.25) is 0 Å². The van der Waals surface area contributed by atoms with Gasteiger partial charge in [-0.05, 0) is 13.3 Å². The van der Waals surface area contributed by atoms with Gasteiger partial charge in [-0.1, -0.05) is 110 Å². The highest BCUT2D eigenvalue weighted by Gasteiger charge is 2.03. The van der Waals surface area contributed by atoms with Gasteiger partial charge < -0.3 is 15.4 Å². The van der Waals surface area contributed by atoms with Gasteiger partial charge in [0.1, 0.15) is 6.61 Å². The number of esters is 1. The summed E-state index contributed by atoms with van der Waals surface area (Å²) in [5.41, 5.74) is 0.364. The van der Waals surface area contributed by atoms with E-state index in [0.717, 1.165) is 12.8 Å². The van der Waals surface area contributed by atoms with E-state index in [0.29, 0.717) is 18.7 Å². The van der Waals surface area contributed by atoms with Gasteiger partial charge in [0.2, 0.25) is 0 Å². The molecule has 0 fully saturated rings. The molecule has 2 amide bonds. The molecule has 0 aliphatic rings. The Morgan fingerprint density at radius 1 is 0.667 bits per heavy atom. The summed E-state index contributed by atoms with van der Waals surface area (Å²) in [6, 6.07) is -0.206. The van der Waals surface area contributed by atoms with Crippen LogP contribution in [0.15, 0.2) is 12.2 Å². The molecule has 0 saturated carbocycles. The molecule has 0 spiro atoms. The number of carbonyl (C=O) groups is 2. The Balaban J connectivity index is 3.19. The van der Waals surface area contributed by atoms with Gasteiger partial charge in [0.05, 0.1) is 6.54 Å². The van der Waals surface area contributed by atoms with E-state index in [1.54, 1.807) is 6.92 Å². The first kappa shape index (κ1) is 28.5. The molecule has 5 heteroatoms. The van der Waals surface area contributed by atoms with Crippen LogP contribution in [-0.4, -0.2) is 31.7 Å². The number of carbonyl (C=O) groups excluding carboxylic acids is 2. The standard InChI is InChI=1S/C25H48N2O3/c1-4-5-6-7-8-9-10-11-12-13-14-15-16-17-18-19-20-26-25(29)27-21-22-30-24(28)23(2)3/h2,4-22H2,1,3H3,(H2,26,27,29). The smallest absolute Gasteiger partial charge is 0.333 e. The van der Waals surface area contributed by atoms with Crippen LogP contribution in [-0.2, 0) is 9.53 Å². The van der Waals surface area contributed by atoms with Crippen molar-refractivity contribution < 1.29 is 14.3 Å². The molecule has 0 heterocycles. The summed E-state index contributed by atoms with van der Waals surface area (Å²) >= 11 is 0. The number of hydrogen-bond acceptors (Lipinski definition) is 3. The van der Waals surface area contributed by atoms with E-state index in [4.69, 9.17) is 4.74 Å². The van der Waals surface area contributed by atoms with Crippen LogP contribution in [0.4, 0.5) is 4.79 Å². The van der Waals surface area contributed by atoms with Gasteiger partial charge in [0, 0.05) is 12.1 Å². The molecule has 0 atom stereocenters. The number of ether oxygens (including phenoxy) is 1. The Bertz CT molecular complexity index is 438. The first-order chi connectivity index (χ1) is 14.6. The Morgan fingerprint density at radius 2 is 1.07 bits per heavy atom. The monoisotopic (exact) mass is 424 g/mol. The van der Waals surface area contributed by atoms with Crippen molar-refractivity contribution in [1.29, 1.82) is 0 Å². The van der Waals surface area contributed by atoms with Crippen LogP contribution in [0.1, 0.15) is 117 Å². The molecule has 0 radical (unpaired) electrons. The maximum atomic E-state index is 11.6. The van der Waals surface area contributed by atoms with Gasteiger partial charge in [-0.2, -0.15) is 0 Å². The number of amides is 2. The van der Waals surface area contributed by atoms with E-state index in [-0.39, 0.29) is 12.6 Å². The van der Waals surface area contributed by atoms with Crippen LogP contribution in [0.3, 0.4) is 0 Å². The van der Waals surface area contributed by atoms with Crippen molar-refractivity contribution in [3.05, 3.63) is 12.2 Å². The van der Waals surface area contributed by atoms with Gasteiger partial charge >= 0.3 is 12.0 Å². The molecular weight excluding hydrogens is 376 g/mol. The molecule has 0 aromatic carbocycles. The van der Waals surface area contributed by atoms with Crippen LogP contribution in [0.25, 0.3) is 0 Å². The van der Waals surface area contributed by atoms with Crippen molar-refractivity contribution in [1.82, 2.24) is 10.6 Å². The zero-order valence-electron chi connectivity index (χ0n) is 19.9. The van der Waals surface area contributed by atoms with E-state index >= 15 is 0 Å². The van der Waals surface area contributed by atoms with Gasteiger partial charge in [-0.15, -0.1) is 0 Å². The zero-order valence-corrected chi connectivity index (χ0v) is 19.9. The van der Waals surface area contributed by atoms with Crippen molar-refractivity contribution in [3.63, 3.8) is 0 Å². The molecule has 0 saturated heterocycles. The minimum atomic E-state index is -0.426. The first-order valence-corrected chi connectivity index (χ1v) is 12.4. The average molecular weight is 425 g/mol. The highest BCUT2D eigenvalue weighted by atomic mass is 16.5. The van der Waals surface area contributed by atoms with Crippen molar-refractivity contribution >= 4 is 12.0 Å². The summed E-state index contributed by atoms with van der Waals surface area (Å²) in [5, 5.41) is 5.51. The second-order valence-corrected chi connectivity index (χ2v) is 8.40. The van der Waals surface area contributed by atoms with Crippen LogP contribution < -0.4 is 10.6 Å². The Hall–Kier alpha value is -1.52. The lowest BCUT2D eigenvalue weighted by atomic mass is 10.0. The topological polar surface area (TPSA) is 67.4 Å². The maximum Gasteiger partial charge on any atom is 0.333 e. The number of unbranched alkanes of at least 4 members (excludes halogenated alkanes) is 15. The number of nitrogens with one attached hydrogen (secondary N) is 2. The fourth-order valence-electron chi connectivity index (χ4n) is 3.37. The largest absolute Gasteiger partial charge is 0.460 e. The van der Waals surface area contributed by atoms with E-state index in [1.807, 2.05) is 0 Å². The van der Waals surface area contributed by atoms with Gasteiger partial charge in [-0.3, -0.25) is 0 Å². The Labute approximate surface area is 185 Å². The molecule has 0 bridgehead atoms. The Morgan fingerprint density at radius 3 is 1.50 bits per heavy atom. The third-order valence-corrected chi connectivity index (χ3v) is 5.29. The molecular formula is C25H48N2O3. The summed E-state index contributed by atoms with van der Waals surface area (Å²) in [7, 11) is 0. The fraction of sp³-hybridized carbons (Fsp3) is 0.840. The second-order valence-electron chi connectivity index (χ2n) is 8.40. The highest BCUT2D eigenvalue weighted by molar-refractivity contribution is 5.86. The predicted octanol–water partition coefficient (Wildman–Crippen LogP) is 6.67. The number of hydrogen-bond donors (Lipinski definition) is 2. The predicted molar refractivity (Wildman–Crippen MR) is 127 cm³/mol. The molecule has 2 N–H and O–H groups in total. The Kier molecular flexibility index (Phi) is 21.0. The molecule has 0 aromatic heterocycles. The lowest BCUT2D eigenvalue weighted by Crippen LogP contribution is -2.38. The molecule has 0 rings (SSSR count). The fourth-order valence-corrected chi connectivity index (χ4v) is 3.37. The quantitative estimate of drug-likeness (QED) is 0.123. The van der Waals surface area contributed by atoms with E-state index in [9.17, 15) is 9.59 Å². The molecule has 0 aromatic rings. The molecule has 5 nitrogen and oxygen atoms in total. The van der Waals surface area contributed by atoms with Crippen LogP contribution >= 0.6 is 0 Å². The SMILES string of the molecule is C=C(C)C(=O)OCCNC(=O)NCCCCCCCCCCCCCCCCCC. The second kappa shape index (κ2) is 22.2. The zero-order chi connectivity index (χ0) is 22.3. The summed E-state index contributed by atoms with van der Waals surface area (Å²) in [5.74, 6) is -0.426. The van der Waals surface area contributed by atoms with Crippen molar-refractivity contribution in [2.75, 3.05) is 19.7 Å². The molecule has 30 heavy (non-hydrogen) atoms. The summed E-state index contributed by atoms with van der Waals surface area (Å²) in [4.78, 5) is 22.8. The van der Waals surface area contributed by atoms with Crippen LogP contribution in [0, 0.1) is 0 Å². The van der Waals surface area contributed by atoms with Gasteiger partial charge in [-0.25, -0.2) is 9.59 Å². The highest BCUT2D eigenvalue weighted by Crippen LogP contribution is 2.13. The van der Waals surface area contributed by atoms with Gasteiger partial charge in [0.25, 0.3) is 0 Å². The molecule has 0 aliphatic heterocycles. The molecule has 0 unspecified atom stereocenters. The summed E-state index contributed by atoms with van der Waals surface area (Å²) < 4.78 is 4.91. The van der Waals surface area contributed by atoms with Crippen molar-refractivity contribution in [2.24, 2.45) is 0 Å². The lowest BCUT2D eigenvalue weighted by molar-refractivity contribution is -0.138. The molecule has 0 aliphatic carbocycles. The lowest BCUT2D eigenvalue weighted by Gasteiger charge is -2.08. The number of rotatable bonds is 21. The summed E-state index contributed by atoms with van der Waals surface area (Å²) in [6.07, 6.45) is 21.5. The minimum Gasteiger partial charge on any atom is -0.460 e. The minimum absolute atomic E-state index is 0.165. The number of urea groups is 1. The summed E-state index contributed by atoms with van der Waals surface area (Å²) in [6.45, 7) is 8.54. The van der Waals surface area contributed by atoms with Gasteiger partial charge in [0.15, 0.2) is 0 Å². The average Bonchev–Trinajstić information content (AvgIpc) is 2.73. The van der Waals surface area contributed by atoms with Crippen molar-refractivity contribution in [3.8, 4) is 0 Å². The normalized spacial score (nSPS) is 10.6. The van der Waals surface area contributed by atoms with E-state index in [1.165, 1.54) is 89.9 Å². The van der Waals surface area contributed by atoms with Crippen LogP contribution in [0.5, 0.6) is 0 Å².